The number of aromatic nitrogens is 1. The minimum atomic E-state index is -0.273. The average molecular weight is 417 g/mol. The number of likely N-dealkylation sites (tertiary alicyclic amines) is 1. The van der Waals surface area contributed by atoms with Gasteiger partial charge in [0, 0.05) is 11.9 Å². The molecule has 3 rings (SSSR count). The van der Waals surface area contributed by atoms with Crippen LogP contribution in [0.5, 0.6) is 5.75 Å². The van der Waals surface area contributed by atoms with Crippen LogP contribution in [0, 0.1) is 0 Å². The first kappa shape index (κ1) is 21.3. The molecule has 0 atom stereocenters. The molecule has 8 heteroatoms. The zero-order valence-corrected chi connectivity index (χ0v) is 17.6. The summed E-state index contributed by atoms with van der Waals surface area (Å²) in [7, 11) is 0. The van der Waals surface area contributed by atoms with E-state index in [0.29, 0.717) is 24.0 Å². The topological polar surface area (TPSA) is 76.1 Å². The number of hydrazone groups is 1. The lowest BCUT2D eigenvalue weighted by Crippen LogP contribution is -2.33. The van der Waals surface area contributed by atoms with Gasteiger partial charge in [-0.25, -0.2) is 4.98 Å². The van der Waals surface area contributed by atoms with Crippen molar-refractivity contribution >= 4 is 28.7 Å². The van der Waals surface area contributed by atoms with Crippen molar-refractivity contribution in [1.82, 2.24) is 9.88 Å². The van der Waals surface area contributed by atoms with Gasteiger partial charge >= 0.3 is 5.97 Å². The molecule has 1 aliphatic rings. The zero-order valence-electron chi connectivity index (χ0n) is 16.8. The standard InChI is InChI=1S/C21H28N4O3S/c1-2-27-20(26)14-18-16-29-21(23-18)24-22-15-17-7-6-8-19(13-17)28-12-11-25-9-4-3-5-10-25/h6-8,13,15-16H,2-5,9-12,14H2,1H3,(H,23,24). The van der Waals surface area contributed by atoms with E-state index in [1.165, 1.54) is 43.7 Å². The van der Waals surface area contributed by atoms with Crippen LogP contribution in [0.1, 0.15) is 37.4 Å². The summed E-state index contributed by atoms with van der Waals surface area (Å²) in [5.74, 6) is 0.571. The van der Waals surface area contributed by atoms with Crippen LogP contribution >= 0.6 is 11.3 Å². The Bertz CT molecular complexity index is 803. The van der Waals surface area contributed by atoms with E-state index in [2.05, 4.69) is 20.4 Å². The van der Waals surface area contributed by atoms with Crippen LogP contribution in [-0.2, 0) is 16.0 Å². The number of ether oxygens (including phenoxy) is 2. The molecule has 0 unspecified atom stereocenters. The molecule has 0 bridgehead atoms. The number of hydrogen-bond donors (Lipinski definition) is 1. The van der Waals surface area contributed by atoms with Gasteiger partial charge in [-0.3, -0.25) is 15.1 Å². The van der Waals surface area contributed by atoms with Gasteiger partial charge in [0.25, 0.3) is 0 Å². The van der Waals surface area contributed by atoms with Crippen LogP contribution < -0.4 is 10.2 Å². The molecule has 156 valence electrons. The molecule has 0 radical (unpaired) electrons. The molecular weight excluding hydrogens is 388 g/mol. The van der Waals surface area contributed by atoms with E-state index in [4.69, 9.17) is 9.47 Å². The summed E-state index contributed by atoms with van der Waals surface area (Å²) in [4.78, 5) is 18.3. The van der Waals surface area contributed by atoms with Crippen molar-refractivity contribution in [3.63, 3.8) is 0 Å². The lowest BCUT2D eigenvalue weighted by molar-refractivity contribution is -0.142. The van der Waals surface area contributed by atoms with Crippen molar-refractivity contribution < 1.29 is 14.3 Å². The number of nitrogens with one attached hydrogen (secondary N) is 1. The van der Waals surface area contributed by atoms with Gasteiger partial charge in [0.2, 0.25) is 5.13 Å². The lowest BCUT2D eigenvalue weighted by Gasteiger charge is -2.26. The molecule has 2 heterocycles. The Kier molecular flexibility index (Phi) is 8.45. The van der Waals surface area contributed by atoms with Gasteiger partial charge in [-0.05, 0) is 50.6 Å². The van der Waals surface area contributed by atoms with Crippen molar-refractivity contribution in [2.75, 3.05) is 38.3 Å². The van der Waals surface area contributed by atoms with Crippen LogP contribution in [0.2, 0.25) is 0 Å². The highest BCUT2D eigenvalue weighted by molar-refractivity contribution is 7.13. The first-order chi connectivity index (χ1) is 14.2. The average Bonchev–Trinajstić information content (AvgIpc) is 3.16. The summed E-state index contributed by atoms with van der Waals surface area (Å²) >= 11 is 1.40. The summed E-state index contributed by atoms with van der Waals surface area (Å²) in [5, 5.41) is 6.69. The third-order valence-electron chi connectivity index (χ3n) is 4.54. The fourth-order valence-electron chi connectivity index (χ4n) is 3.12. The third kappa shape index (κ3) is 7.47. The first-order valence-electron chi connectivity index (χ1n) is 10.1. The van der Waals surface area contributed by atoms with Crippen LogP contribution in [0.25, 0.3) is 0 Å². The van der Waals surface area contributed by atoms with E-state index < -0.39 is 0 Å². The van der Waals surface area contributed by atoms with Gasteiger partial charge in [-0.2, -0.15) is 5.10 Å². The Morgan fingerprint density at radius 3 is 3.03 bits per heavy atom. The molecule has 0 saturated carbocycles. The smallest absolute Gasteiger partial charge is 0.311 e. The number of anilines is 1. The summed E-state index contributed by atoms with van der Waals surface area (Å²) in [6.45, 7) is 6.19. The quantitative estimate of drug-likeness (QED) is 0.363. The Morgan fingerprint density at radius 2 is 2.21 bits per heavy atom. The molecule has 1 aliphatic heterocycles. The second-order valence-electron chi connectivity index (χ2n) is 6.82. The molecule has 1 fully saturated rings. The molecule has 1 saturated heterocycles. The van der Waals surface area contributed by atoms with Crippen molar-refractivity contribution in [3.8, 4) is 5.75 Å². The second-order valence-corrected chi connectivity index (χ2v) is 7.68. The summed E-state index contributed by atoms with van der Waals surface area (Å²) in [6.07, 6.45) is 5.83. The Hall–Kier alpha value is -2.45. The van der Waals surface area contributed by atoms with Crippen LogP contribution in [0.15, 0.2) is 34.7 Å². The fraction of sp³-hybridized carbons (Fsp3) is 0.476. The number of carbonyl (C=O) groups is 1. The number of nitrogens with zero attached hydrogens (tertiary/aromatic N) is 3. The minimum absolute atomic E-state index is 0.173. The van der Waals surface area contributed by atoms with Gasteiger partial charge in [0.15, 0.2) is 0 Å². The molecule has 0 spiro atoms. The SMILES string of the molecule is CCOC(=O)Cc1csc(NN=Cc2cccc(OCCN3CCCCC3)c2)n1. The minimum Gasteiger partial charge on any atom is -0.492 e. The molecule has 1 aromatic heterocycles. The molecule has 2 aromatic rings. The van der Waals surface area contributed by atoms with Crippen molar-refractivity contribution in [2.24, 2.45) is 5.10 Å². The molecule has 29 heavy (non-hydrogen) atoms. The number of piperidine rings is 1. The molecule has 7 nitrogen and oxygen atoms in total. The van der Waals surface area contributed by atoms with Crippen LogP contribution in [0.3, 0.4) is 0 Å². The van der Waals surface area contributed by atoms with E-state index in [1.54, 1.807) is 13.1 Å². The predicted octanol–water partition coefficient (Wildman–Crippen LogP) is 3.56. The van der Waals surface area contributed by atoms with Gasteiger partial charge in [0.05, 0.1) is 24.9 Å². The van der Waals surface area contributed by atoms with E-state index in [1.807, 2.05) is 29.6 Å². The fourth-order valence-corrected chi connectivity index (χ4v) is 3.78. The van der Waals surface area contributed by atoms with Crippen LogP contribution in [-0.4, -0.2) is 54.9 Å². The maximum Gasteiger partial charge on any atom is 0.311 e. The highest BCUT2D eigenvalue weighted by Crippen LogP contribution is 2.17. The number of rotatable bonds is 10. The van der Waals surface area contributed by atoms with E-state index in [9.17, 15) is 4.79 Å². The Labute approximate surface area is 175 Å². The predicted molar refractivity (Wildman–Crippen MR) is 116 cm³/mol. The largest absolute Gasteiger partial charge is 0.492 e. The van der Waals surface area contributed by atoms with E-state index >= 15 is 0 Å². The number of thiazole rings is 1. The van der Waals surface area contributed by atoms with Crippen molar-refractivity contribution in [3.05, 3.63) is 40.9 Å². The van der Waals surface area contributed by atoms with E-state index in [0.717, 1.165) is 17.9 Å². The van der Waals surface area contributed by atoms with Crippen LogP contribution in [0.4, 0.5) is 5.13 Å². The number of esters is 1. The second kappa shape index (κ2) is 11.5. The first-order valence-corrected chi connectivity index (χ1v) is 10.9. The summed E-state index contributed by atoms with van der Waals surface area (Å²) in [5.41, 5.74) is 4.52. The normalized spacial score (nSPS) is 14.8. The van der Waals surface area contributed by atoms with Gasteiger partial charge in [-0.15, -0.1) is 11.3 Å². The number of benzene rings is 1. The monoisotopic (exact) mass is 416 g/mol. The molecule has 1 aromatic carbocycles. The molecule has 1 N–H and O–H groups in total. The summed E-state index contributed by atoms with van der Waals surface area (Å²) < 4.78 is 10.8. The van der Waals surface area contributed by atoms with E-state index in [-0.39, 0.29) is 12.4 Å². The maximum atomic E-state index is 11.5. The molecule has 0 amide bonds. The zero-order chi connectivity index (χ0) is 20.3. The van der Waals surface area contributed by atoms with Crippen molar-refractivity contribution in [1.29, 1.82) is 0 Å². The maximum absolute atomic E-state index is 11.5. The molecular formula is C21H28N4O3S. The number of carbonyl (C=O) groups excluding carboxylic acids is 1. The number of hydrogen-bond acceptors (Lipinski definition) is 8. The van der Waals surface area contributed by atoms with Gasteiger partial charge < -0.3 is 9.47 Å². The van der Waals surface area contributed by atoms with Gasteiger partial charge in [-0.1, -0.05) is 18.6 Å². The van der Waals surface area contributed by atoms with Crippen molar-refractivity contribution in [2.45, 2.75) is 32.6 Å². The molecule has 0 aliphatic carbocycles. The Morgan fingerprint density at radius 1 is 1.34 bits per heavy atom. The Balaban J connectivity index is 1.44. The van der Waals surface area contributed by atoms with Gasteiger partial charge in [0.1, 0.15) is 12.4 Å². The highest BCUT2D eigenvalue weighted by atomic mass is 32.1. The lowest BCUT2D eigenvalue weighted by atomic mass is 10.1. The highest BCUT2D eigenvalue weighted by Gasteiger charge is 2.10. The summed E-state index contributed by atoms with van der Waals surface area (Å²) in [6, 6.07) is 7.86. The third-order valence-corrected chi connectivity index (χ3v) is 5.34.